The third-order valence-electron chi connectivity index (χ3n) is 8.77. The summed E-state index contributed by atoms with van der Waals surface area (Å²) in [5.41, 5.74) is 0. The van der Waals surface area contributed by atoms with E-state index in [2.05, 4.69) is 69.4 Å². The van der Waals surface area contributed by atoms with Crippen LogP contribution in [-0.4, -0.2) is 37.2 Å². The van der Waals surface area contributed by atoms with E-state index in [0.717, 1.165) is 116 Å². The fraction of sp³-hybridized carbons (Fsp3) is 0.756. The van der Waals surface area contributed by atoms with Gasteiger partial charge in [-0.05, 0) is 70.6 Å². The molecule has 0 bridgehead atoms. The van der Waals surface area contributed by atoms with Gasteiger partial charge < -0.3 is 14.2 Å². The van der Waals surface area contributed by atoms with Crippen LogP contribution in [0, 0.1) is 0 Å². The quantitative estimate of drug-likeness (QED) is 0.0276. The second-order valence-electron chi connectivity index (χ2n) is 13.9. The van der Waals surface area contributed by atoms with Crippen molar-refractivity contribution in [2.45, 2.75) is 207 Å². The van der Waals surface area contributed by atoms with E-state index in [4.69, 9.17) is 14.2 Å². The van der Waals surface area contributed by atoms with E-state index in [1.807, 2.05) is 0 Å². The molecule has 0 spiro atoms. The van der Waals surface area contributed by atoms with Crippen molar-refractivity contribution < 1.29 is 28.6 Å². The molecule has 0 saturated carbocycles. The van der Waals surface area contributed by atoms with Crippen LogP contribution in [0.2, 0.25) is 0 Å². The van der Waals surface area contributed by atoms with Crippen molar-refractivity contribution in [1.29, 1.82) is 0 Å². The van der Waals surface area contributed by atoms with Gasteiger partial charge in [-0.2, -0.15) is 0 Å². The first-order valence-electron chi connectivity index (χ1n) is 21.1. The number of allylic oxidation sites excluding steroid dienone is 8. The molecular formula is C45H78O6. The van der Waals surface area contributed by atoms with Crippen LogP contribution in [-0.2, 0) is 28.6 Å². The molecule has 0 radical (unpaired) electrons. The largest absolute Gasteiger partial charge is 0.462 e. The summed E-state index contributed by atoms with van der Waals surface area (Å²) in [6, 6.07) is 0. The fourth-order valence-corrected chi connectivity index (χ4v) is 5.57. The summed E-state index contributed by atoms with van der Waals surface area (Å²) >= 11 is 0. The van der Waals surface area contributed by atoms with E-state index >= 15 is 0 Å². The number of esters is 3. The number of hydrogen-bond donors (Lipinski definition) is 0. The van der Waals surface area contributed by atoms with Gasteiger partial charge in [-0.25, -0.2) is 0 Å². The Kier molecular flexibility index (Phi) is 38.1. The van der Waals surface area contributed by atoms with Gasteiger partial charge in [-0.3, -0.25) is 14.4 Å². The van der Waals surface area contributed by atoms with Crippen molar-refractivity contribution in [2.75, 3.05) is 13.2 Å². The Morgan fingerprint density at radius 1 is 0.392 bits per heavy atom. The standard InChI is InChI=1S/C45H78O6/c1-4-7-10-13-16-18-20-22-24-26-29-32-35-38-44(47)50-41-42(40-49-43(46)37-34-31-28-15-12-9-6-3)51-45(48)39-36-33-30-27-25-23-21-19-17-14-11-8-5-2/h10-11,13-14,18-21,42H,4-9,12,15-17,22-41H2,1-3H3/b13-10-,14-11-,20-18-,21-19-. The van der Waals surface area contributed by atoms with Crippen LogP contribution in [0.4, 0.5) is 0 Å². The summed E-state index contributed by atoms with van der Waals surface area (Å²) in [6.45, 7) is 6.42. The second kappa shape index (κ2) is 40.1. The molecule has 6 nitrogen and oxygen atoms in total. The average molecular weight is 715 g/mol. The first-order chi connectivity index (χ1) is 25.0. The maximum Gasteiger partial charge on any atom is 0.306 e. The van der Waals surface area contributed by atoms with E-state index in [1.54, 1.807) is 0 Å². The molecule has 0 aliphatic carbocycles. The van der Waals surface area contributed by atoms with Crippen LogP contribution in [0.1, 0.15) is 201 Å². The summed E-state index contributed by atoms with van der Waals surface area (Å²) in [5, 5.41) is 0. The Bertz CT molecular complexity index is 918. The molecule has 51 heavy (non-hydrogen) atoms. The minimum atomic E-state index is -0.779. The van der Waals surface area contributed by atoms with Gasteiger partial charge >= 0.3 is 17.9 Å². The summed E-state index contributed by atoms with van der Waals surface area (Å²) in [5.74, 6) is -0.925. The van der Waals surface area contributed by atoms with E-state index in [-0.39, 0.29) is 31.1 Å². The highest BCUT2D eigenvalue weighted by atomic mass is 16.6. The zero-order valence-electron chi connectivity index (χ0n) is 33.4. The normalized spacial score (nSPS) is 12.5. The molecule has 0 aromatic heterocycles. The first kappa shape index (κ1) is 48.4. The molecule has 0 aromatic rings. The van der Waals surface area contributed by atoms with Gasteiger partial charge in [0.1, 0.15) is 13.2 Å². The lowest BCUT2D eigenvalue weighted by Gasteiger charge is -2.18. The molecule has 0 fully saturated rings. The van der Waals surface area contributed by atoms with Crippen molar-refractivity contribution >= 4 is 17.9 Å². The number of carbonyl (C=O) groups is 3. The van der Waals surface area contributed by atoms with Gasteiger partial charge in [0, 0.05) is 19.3 Å². The number of carbonyl (C=O) groups excluding carboxylic acids is 3. The van der Waals surface area contributed by atoms with E-state index < -0.39 is 6.10 Å². The average Bonchev–Trinajstić information content (AvgIpc) is 3.12. The topological polar surface area (TPSA) is 78.9 Å². The van der Waals surface area contributed by atoms with Crippen molar-refractivity contribution in [3.05, 3.63) is 48.6 Å². The third-order valence-corrected chi connectivity index (χ3v) is 8.77. The van der Waals surface area contributed by atoms with Crippen LogP contribution in [0.15, 0.2) is 48.6 Å². The lowest BCUT2D eigenvalue weighted by molar-refractivity contribution is -0.167. The highest BCUT2D eigenvalue weighted by molar-refractivity contribution is 5.71. The molecule has 6 heteroatoms. The molecule has 0 aromatic carbocycles. The maximum absolute atomic E-state index is 12.6. The molecule has 0 saturated heterocycles. The molecule has 0 N–H and O–H groups in total. The number of unbranched alkanes of at least 4 members (excludes halogenated alkanes) is 18. The smallest absolute Gasteiger partial charge is 0.306 e. The summed E-state index contributed by atoms with van der Waals surface area (Å²) in [4.78, 5) is 37.5. The minimum Gasteiger partial charge on any atom is -0.462 e. The van der Waals surface area contributed by atoms with Crippen LogP contribution >= 0.6 is 0 Å². The number of ether oxygens (including phenoxy) is 3. The third kappa shape index (κ3) is 38.4. The molecule has 0 rings (SSSR count). The Hall–Kier alpha value is -2.63. The van der Waals surface area contributed by atoms with Gasteiger partial charge in [0.25, 0.3) is 0 Å². The molecule has 0 aliphatic rings. The second-order valence-corrected chi connectivity index (χ2v) is 13.9. The predicted octanol–water partition coefficient (Wildman–Crippen LogP) is 13.2. The van der Waals surface area contributed by atoms with Crippen molar-refractivity contribution in [3.63, 3.8) is 0 Å². The molecule has 0 amide bonds. The van der Waals surface area contributed by atoms with Crippen LogP contribution in [0.25, 0.3) is 0 Å². The van der Waals surface area contributed by atoms with Crippen molar-refractivity contribution in [1.82, 2.24) is 0 Å². The van der Waals surface area contributed by atoms with Crippen molar-refractivity contribution in [3.8, 4) is 0 Å². The Morgan fingerprint density at radius 3 is 1.16 bits per heavy atom. The summed E-state index contributed by atoms with van der Waals surface area (Å²) in [7, 11) is 0. The Balaban J connectivity index is 4.38. The molecule has 1 atom stereocenters. The van der Waals surface area contributed by atoms with E-state index in [9.17, 15) is 14.4 Å². The Labute approximate surface area is 314 Å². The lowest BCUT2D eigenvalue weighted by atomic mass is 10.1. The number of hydrogen-bond acceptors (Lipinski definition) is 6. The monoisotopic (exact) mass is 715 g/mol. The zero-order valence-corrected chi connectivity index (χ0v) is 33.4. The van der Waals surface area contributed by atoms with Crippen LogP contribution in [0.5, 0.6) is 0 Å². The van der Waals surface area contributed by atoms with Gasteiger partial charge in [0.2, 0.25) is 0 Å². The summed E-state index contributed by atoms with van der Waals surface area (Å²) in [6.07, 6.45) is 45.3. The van der Waals surface area contributed by atoms with E-state index in [1.165, 1.54) is 44.9 Å². The van der Waals surface area contributed by atoms with Crippen LogP contribution < -0.4 is 0 Å². The van der Waals surface area contributed by atoms with Gasteiger partial charge in [0.15, 0.2) is 6.10 Å². The summed E-state index contributed by atoms with van der Waals surface area (Å²) < 4.78 is 16.6. The Morgan fingerprint density at radius 2 is 0.745 bits per heavy atom. The highest BCUT2D eigenvalue weighted by Crippen LogP contribution is 2.13. The van der Waals surface area contributed by atoms with E-state index in [0.29, 0.717) is 19.3 Å². The molecule has 0 heterocycles. The van der Waals surface area contributed by atoms with Gasteiger partial charge in [-0.15, -0.1) is 0 Å². The van der Waals surface area contributed by atoms with Gasteiger partial charge in [-0.1, -0.05) is 159 Å². The first-order valence-corrected chi connectivity index (χ1v) is 21.1. The minimum absolute atomic E-state index is 0.0836. The number of rotatable bonds is 37. The SMILES string of the molecule is CCC/C=C\C/C=C\CCCCCCCC(=O)OCC(COC(=O)CCCCCCCCC)OC(=O)CCCCCCC/C=C\C/C=C\CCC. The van der Waals surface area contributed by atoms with Gasteiger partial charge in [0.05, 0.1) is 0 Å². The lowest BCUT2D eigenvalue weighted by Crippen LogP contribution is -2.30. The maximum atomic E-state index is 12.6. The zero-order chi connectivity index (χ0) is 37.3. The van der Waals surface area contributed by atoms with Crippen molar-refractivity contribution in [2.24, 2.45) is 0 Å². The molecule has 294 valence electrons. The predicted molar refractivity (Wildman–Crippen MR) is 215 cm³/mol. The molecule has 0 aliphatic heterocycles. The molecular weight excluding hydrogens is 636 g/mol. The fourth-order valence-electron chi connectivity index (χ4n) is 5.57. The van der Waals surface area contributed by atoms with Crippen LogP contribution in [0.3, 0.4) is 0 Å². The highest BCUT2D eigenvalue weighted by Gasteiger charge is 2.19. The molecule has 1 unspecified atom stereocenters.